The summed E-state index contributed by atoms with van der Waals surface area (Å²) in [6.07, 6.45) is 3.24. The fraction of sp³-hybridized carbons (Fsp3) is 0.217. The number of para-hydroxylation sites is 1. The van der Waals surface area contributed by atoms with Crippen molar-refractivity contribution in [2.24, 2.45) is 0 Å². The first-order valence-electron chi connectivity index (χ1n) is 9.46. The van der Waals surface area contributed by atoms with Gasteiger partial charge in [0.05, 0.1) is 12.1 Å². The molecule has 4 nitrogen and oxygen atoms in total. The summed E-state index contributed by atoms with van der Waals surface area (Å²) >= 11 is 1.56. The van der Waals surface area contributed by atoms with E-state index in [4.69, 9.17) is 4.98 Å². The molecule has 0 aliphatic rings. The first-order valence-corrected chi connectivity index (χ1v) is 10.3. The molecule has 0 saturated heterocycles. The number of hydrogen-bond acceptors (Lipinski definition) is 3. The number of benzene rings is 2. The van der Waals surface area contributed by atoms with Crippen LogP contribution in [0, 0.1) is 13.8 Å². The van der Waals surface area contributed by atoms with Crippen molar-refractivity contribution in [2.75, 3.05) is 5.32 Å². The number of fused-ring (bicyclic) bond motifs is 1. The number of thiazole rings is 1. The lowest BCUT2D eigenvalue weighted by atomic mass is 10.0. The molecule has 4 rings (SSSR count). The minimum Gasteiger partial charge on any atom is -0.326 e. The van der Waals surface area contributed by atoms with E-state index in [0.29, 0.717) is 6.42 Å². The lowest BCUT2D eigenvalue weighted by Gasteiger charge is -2.09. The molecule has 1 N–H and O–H groups in total. The molecule has 0 aliphatic heterocycles. The zero-order valence-electron chi connectivity index (χ0n) is 16.3. The van der Waals surface area contributed by atoms with Gasteiger partial charge in [0.15, 0.2) is 4.96 Å². The Labute approximate surface area is 168 Å². The average molecular weight is 390 g/mol. The van der Waals surface area contributed by atoms with Crippen molar-refractivity contribution < 1.29 is 4.79 Å². The van der Waals surface area contributed by atoms with Crippen LogP contribution < -0.4 is 5.32 Å². The maximum Gasteiger partial charge on any atom is 0.230 e. The molecule has 5 heteroatoms. The van der Waals surface area contributed by atoms with Gasteiger partial charge >= 0.3 is 0 Å². The summed E-state index contributed by atoms with van der Waals surface area (Å²) in [7, 11) is 0. The van der Waals surface area contributed by atoms with Gasteiger partial charge in [-0.1, -0.05) is 37.3 Å². The second kappa shape index (κ2) is 7.60. The monoisotopic (exact) mass is 389 g/mol. The van der Waals surface area contributed by atoms with Crippen LogP contribution in [0.2, 0.25) is 0 Å². The van der Waals surface area contributed by atoms with Gasteiger partial charge in [-0.05, 0) is 49.1 Å². The summed E-state index contributed by atoms with van der Waals surface area (Å²) in [6, 6.07) is 14.3. The average Bonchev–Trinajstić information content (AvgIpc) is 3.26. The Bertz CT molecular complexity index is 1160. The van der Waals surface area contributed by atoms with Gasteiger partial charge < -0.3 is 5.32 Å². The number of amides is 1. The Morgan fingerprint density at radius 2 is 1.96 bits per heavy atom. The van der Waals surface area contributed by atoms with E-state index >= 15 is 0 Å². The second-order valence-corrected chi connectivity index (χ2v) is 7.88. The van der Waals surface area contributed by atoms with Gasteiger partial charge in [-0.25, -0.2) is 4.98 Å². The van der Waals surface area contributed by atoms with Gasteiger partial charge in [0.25, 0.3) is 0 Å². The molecule has 0 spiro atoms. The number of anilines is 1. The Kier molecular flexibility index (Phi) is 5.01. The highest BCUT2D eigenvalue weighted by atomic mass is 32.1. The first kappa shape index (κ1) is 18.4. The molecule has 0 radical (unpaired) electrons. The van der Waals surface area contributed by atoms with Crippen molar-refractivity contribution in [1.29, 1.82) is 0 Å². The molecule has 0 aliphatic carbocycles. The molecule has 2 heterocycles. The van der Waals surface area contributed by atoms with Crippen LogP contribution in [0.15, 0.2) is 54.0 Å². The van der Waals surface area contributed by atoms with E-state index in [9.17, 15) is 4.79 Å². The molecule has 2 aromatic heterocycles. The molecule has 4 aromatic rings. The molecule has 0 atom stereocenters. The highest BCUT2D eigenvalue weighted by molar-refractivity contribution is 7.15. The smallest absolute Gasteiger partial charge is 0.230 e. The van der Waals surface area contributed by atoms with E-state index in [1.165, 1.54) is 11.1 Å². The van der Waals surface area contributed by atoms with Gasteiger partial charge in [0.1, 0.15) is 0 Å². The van der Waals surface area contributed by atoms with Gasteiger partial charge in [0, 0.05) is 28.5 Å². The van der Waals surface area contributed by atoms with E-state index in [1.54, 1.807) is 11.3 Å². The number of imidazole rings is 1. The summed E-state index contributed by atoms with van der Waals surface area (Å²) in [5.41, 5.74) is 7.56. The topological polar surface area (TPSA) is 46.4 Å². The maximum absolute atomic E-state index is 12.6. The lowest BCUT2D eigenvalue weighted by molar-refractivity contribution is -0.115. The summed E-state index contributed by atoms with van der Waals surface area (Å²) in [5.74, 6) is -0.0120. The molecule has 142 valence electrons. The molecular formula is C23H23N3OS. The van der Waals surface area contributed by atoms with Crippen LogP contribution in [0.5, 0.6) is 0 Å². The number of rotatable bonds is 5. The Morgan fingerprint density at radius 3 is 2.75 bits per heavy atom. The second-order valence-electron chi connectivity index (χ2n) is 7.04. The van der Waals surface area contributed by atoms with Crippen molar-refractivity contribution in [2.45, 2.75) is 33.6 Å². The number of aryl methyl sites for hydroxylation is 3. The SMILES string of the molecule is CCc1ccccc1NC(=O)Cc1csc2nc(-c3ccc(C)c(C)c3)cn12. The van der Waals surface area contributed by atoms with Crippen molar-refractivity contribution in [3.8, 4) is 11.3 Å². The van der Waals surface area contributed by atoms with E-state index < -0.39 is 0 Å². The van der Waals surface area contributed by atoms with Gasteiger partial charge in [-0.3, -0.25) is 9.20 Å². The molecule has 2 aromatic carbocycles. The molecule has 0 saturated carbocycles. The van der Waals surface area contributed by atoms with Crippen LogP contribution >= 0.6 is 11.3 Å². The van der Waals surface area contributed by atoms with Crippen LogP contribution in [0.1, 0.15) is 29.3 Å². The Hall–Kier alpha value is -2.92. The largest absolute Gasteiger partial charge is 0.326 e. The van der Waals surface area contributed by atoms with E-state index in [2.05, 4.69) is 44.3 Å². The third-order valence-corrected chi connectivity index (χ3v) is 5.99. The van der Waals surface area contributed by atoms with Crippen molar-refractivity contribution >= 4 is 27.9 Å². The number of aromatic nitrogens is 2. The van der Waals surface area contributed by atoms with Crippen LogP contribution in [-0.2, 0) is 17.6 Å². The van der Waals surface area contributed by atoms with Crippen LogP contribution in [0.4, 0.5) is 5.69 Å². The third-order valence-electron chi connectivity index (χ3n) is 5.10. The Morgan fingerprint density at radius 1 is 1.14 bits per heavy atom. The van der Waals surface area contributed by atoms with Gasteiger partial charge in [-0.2, -0.15) is 0 Å². The van der Waals surface area contributed by atoms with E-state index in [0.717, 1.165) is 39.6 Å². The summed E-state index contributed by atoms with van der Waals surface area (Å²) in [5, 5.41) is 5.06. The predicted molar refractivity (Wildman–Crippen MR) is 116 cm³/mol. The van der Waals surface area contributed by atoms with Crippen LogP contribution in [0.25, 0.3) is 16.2 Å². The predicted octanol–water partition coefficient (Wildman–Crippen LogP) is 5.42. The highest BCUT2D eigenvalue weighted by Gasteiger charge is 2.14. The third kappa shape index (κ3) is 3.58. The first-order chi connectivity index (χ1) is 13.5. The molecule has 28 heavy (non-hydrogen) atoms. The number of nitrogens with zero attached hydrogens (tertiary/aromatic N) is 2. The minimum absolute atomic E-state index is 0.0120. The van der Waals surface area contributed by atoms with Crippen LogP contribution in [0.3, 0.4) is 0 Å². The quantitative estimate of drug-likeness (QED) is 0.495. The van der Waals surface area contributed by atoms with Crippen LogP contribution in [-0.4, -0.2) is 15.3 Å². The normalized spacial score (nSPS) is 11.1. The fourth-order valence-corrected chi connectivity index (χ4v) is 4.18. The molecule has 0 unspecified atom stereocenters. The molecular weight excluding hydrogens is 366 g/mol. The zero-order chi connectivity index (χ0) is 19.7. The van der Waals surface area contributed by atoms with E-state index in [-0.39, 0.29) is 5.91 Å². The zero-order valence-corrected chi connectivity index (χ0v) is 17.1. The fourth-order valence-electron chi connectivity index (χ4n) is 3.31. The summed E-state index contributed by atoms with van der Waals surface area (Å²) < 4.78 is 2.03. The van der Waals surface area contributed by atoms with Gasteiger partial charge in [-0.15, -0.1) is 11.3 Å². The van der Waals surface area contributed by atoms with Crippen molar-refractivity contribution in [1.82, 2.24) is 9.38 Å². The van der Waals surface area contributed by atoms with Gasteiger partial charge in [0.2, 0.25) is 5.91 Å². The summed E-state index contributed by atoms with van der Waals surface area (Å²) in [4.78, 5) is 18.3. The number of carbonyl (C=O) groups is 1. The number of hydrogen-bond donors (Lipinski definition) is 1. The number of carbonyl (C=O) groups excluding carboxylic acids is 1. The number of nitrogens with one attached hydrogen (secondary N) is 1. The maximum atomic E-state index is 12.6. The lowest BCUT2D eigenvalue weighted by Crippen LogP contribution is -2.16. The van der Waals surface area contributed by atoms with Crippen molar-refractivity contribution in [3.05, 3.63) is 76.4 Å². The molecule has 0 fully saturated rings. The standard InChI is InChI=1S/C23H23N3OS/c1-4-17-7-5-6-8-20(17)24-22(27)12-19-14-28-23-25-21(13-26(19)23)18-10-9-15(2)16(3)11-18/h5-11,13-14H,4,12H2,1-3H3,(H,24,27). The molecule has 0 bridgehead atoms. The summed E-state index contributed by atoms with van der Waals surface area (Å²) in [6.45, 7) is 6.31. The molecule has 1 amide bonds. The highest BCUT2D eigenvalue weighted by Crippen LogP contribution is 2.26. The van der Waals surface area contributed by atoms with Crippen molar-refractivity contribution in [3.63, 3.8) is 0 Å². The minimum atomic E-state index is -0.0120. The Balaban J connectivity index is 1.57. The van der Waals surface area contributed by atoms with E-state index in [1.807, 2.05) is 40.2 Å².